The molecule has 1 rings (SSSR count). The standard InChI is InChI=1S/C15H23Cl2N3O3S/c1-10(2)8-11(9-18)20-14(21)6-7-19-24(22,23)15-12(16)4-3-5-13(15)17/h3-5,10-11,19H,6-9,18H2,1-2H3,(H,20,21). The zero-order valence-electron chi connectivity index (χ0n) is 13.7. The third-order valence-corrected chi connectivity index (χ3v) is 5.65. The molecule has 0 aliphatic heterocycles. The van der Waals surface area contributed by atoms with Gasteiger partial charge in [0.1, 0.15) is 4.90 Å². The molecule has 4 N–H and O–H groups in total. The van der Waals surface area contributed by atoms with E-state index in [0.29, 0.717) is 12.5 Å². The molecule has 0 aliphatic carbocycles. The van der Waals surface area contributed by atoms with Gasteiger partial charge in [-0.2, -0.15) is 0 Å². The fourth-order valence-electron chi connectivity index (χ4n) is 2.19. The number of amides is 1. The zero-order chi connectivity index (χ0) is 18.3. The van der Waals surface area contributed by atoms with E-state index in [1.165, 1.54) is 12.1 Å². The minimum absolute atomic E-state index is 0.00407. The van der Waals surface area contributed by atoms with Gasteiger partial charge in [0.25, 0.3) is 0 Å². The van der Waals surface area contributed by atoms with Crippen LogP contribution in [-0.2, 0) is 14.8 Å². The predicted octanol–water partition coefficient (Wildman–Crippen LogP) is 2.15. The molecule has 6 nitrogen and oxygen atoms in total. The Hall–Kier alpha value is -0.860. The second-order valence-electron chi connectivity index (χ2n) is 5.83. The Morgan fingerprint density at radius 1 is 1.25 bits per heavy atom. The molecule has 0 fully saturated rings. The van der Waals surface area contributed by atoms with E-state index >= 15 is 0 Å². The Morgan fingerprint density at radius 2 is 1.83 bits per heavy atom. The molecule has 0 spiro atoms. The minimum Gasteiger partial charge on any atom is -0.352 e. The second-order valence-corrected chi connectivity index (χ2v) is 8.35. The Balaban J connectivity index is 2.59. The summed E-state index contributed by atoms with van der Waals surface area (Å²) >= 11 is 11.8. The molecule has 0 saturated heterocycles. The summed E-state index contributed by atoms with van der Waals surface area (Å²) in [5, 5.41) is 2.85. The van der Waals surface area contributed by atoms with Gasteiger partial charge in [0.15, 0.2) is 0 Å². The first kappa shape index (κ1) is 21.2. The largest absolute Gasteiger partial charge is 0.352 e. The van der Waals surface area contributed by atoms with Crippen LogP contribution < -0.4 is 15.8 Å². The van der Waals surface area contributed by atoms with Gasteiger partial charge in [0.05, 0.1) is 10.0 Å². The van der Waals surface area contributed by atoms with E-state index in [9.17, 15) is 13.2 Å². The molecule has 1 aromatic rings. The Bertz CT molecular complexity index is 646. The normalized spacial score (nSPS) is 13.1. The zero-order valence-corrected chi connectivity index (χ0v) is 16.0. The van der Waals surface area contributed by atoms with Gasteiger partial charge in [-0.1, -0.05) is 43.1 Å². The van der Waals surface area contributed by atoms with E-state index in [-0.39, 0.29) is 39.9 Å². The first-order chi connectivity index (χ1) is 11.2. The van der Waals surface area contributed by atoms with E-state index in [4.69, 9.17) is 28.9 Å². The van der Waals surface area contributed by atoms with E-state index in [2.05, 4.69) is 10.0 Å². The topological polar surface area (TPSA) is 101 Å². The molecular weight excluding hydrogens is 373 g/mol. The van der Waals surface area contributed by atoms with Crippen molar-refractivity contribution in [3.8, 4) is 0 Å². The lowest BCUT2D eigenvalue weighted by Crippen LogP contribution is -2.42. The summed E-state index contributed by atoms with van der Waals surface area (Å²) in [6, 6.07) is 4.31. The van der Waals surface area contributed by atoms with E-state index in [0.717, 1.165) is 6.42 Å². The summed E-state index contributed by atoms with van der Waals surface area (Å²) in [6.07, 6.45) is 0.763. The predicted molar refractivity (Wildman–Crippen MR) is 96.7 cm³/mol. The summed E-state index contributed by atoms with van der Waals surface area (Å²) < 4.78 is 26.8. The van der Waals surface area contributed by atoms with Crippen molar-refractivity contribution < 1.29 is 13.2 Å². The minimum atomic E-state index is -3.89. The molecule has 0 aliphatic rings. The Kier molecular flexibility index (Phi) is 8.45. The number of hydrogen-bond acceptors (Lipinski definition) is 4. The number of nitrogens with two attached hydrogens (primary N) is 1. The molecule has 9 heteroatoms. The Labute approximate surface area is 153 Å². The van der Waals surface area contributed by atoms with Crippen LogP contribution in [0.15, 0.2) is 23.1 Å². The van der Waals surface area contributed by atoms with Gasteiger partial charge in [0, 0.05) is 25.6 Å². The summed E-state index contributed by atoms with van der Waals surface area (Å²) in [6.45, 7) is 4.35. The monoisotopic (exact) mass is 395 g/mol. The van der Waals surface area contributed by atoms with Crippen LogP contribution >= 0.6 is 23.2 Å². The van der Waals surface area contributed by atoms with Crippen molar-refractivity contribution in [1.29, 1.82) is 0 Å². The van der Waals surface area contributed by atoms with Gasteiger partial charge in [-0.3, -0.25) is 4.79 Å². The number of sulfonamides is 1. The summed E-state index contributed by atoms with van der Waals surface area (Å²) in [5.74, 6) is 0.138. The first-order valence-electron chi connectivity index (χ1n) is 7.60. The summed E-state index contributed by atoms with van der Waals surface area (Å²) in [4.78, 5) is 11.7. The molecule has 0 saturated carbocycles. The summed E-state index contributed by atoms with van der Waals surface area (Å²) in [7, 11) is -3.89. The number of nitrogens with one attached hydrogen (secondary N) is 2. The number of benzene rings is 1. The van der Waals surface area contributed by atoms with E-state index in [1.54, 1.807) is 6.07 Å². The van der Waals surface area contributed by atoms with Crippen molar-refractivity contribution in [2.45, 2.75) is 37.6 Å². The third-order valence-electron chi connectivity index (χ3n) is 3.24. The highest BCUT2D eigenvalue weighted by molar-refractivity contribution is 7.89. The first-order valence-corrected chi connectivity index (χ1v) is 9.84. The van der Waals surface area contributed by atoms with Crippen molar-refractivity contribution >= 4 is 39.1 Å². The van der Waals surface area contributed by atoms with Crippen LogP contribution in [0.5, 0.6) is 0 Å². The maximum atomic E-state index is 12.2. The lowest BCUT2D eigenvalue weighted by Gasteiger charge is -2.18. The van der Waals surface area contributed by atoms with Crippen LogP contribution in [0.25, 0.3) is 0 Å². The molecule has 1 amide bonds. The van der Waals surface area contributed by atoms with Crippen LogP contribution in [-0.4, -0.2) is 33.5 Å². The van der Waals surface area contributed by atoms with Crippen molar-refractivity contribution in [3.05, 3.63) is 28.2 Å². The van der Waals surface area contributed by atoms with Gasteiger partial charge in [-0.05, 0) is 24.5 Å². The number of rotatable bonds is 9. The van der Waals surface area contributed by atoms with Crippen molar-refractivity contribution in [2.24, 2.45) is 11.7 Å². The highest BCUT2D eigenvalue weighted by Gasteiger charge is 2.21. The molecule has 0 radical (unpaired) electrons. The Morgan fingerprint density at radius 3 is 2.33 bits per heavy atom. The molecule has 24 heavy (non-hydrogen) atoms. The average Bonchev–Trinajstić information content (AvgIpc) is 2.45. The molecule has 0 bridgehead atoms. The quantitative estimate of drug-likeness (QED) is 0.595. The molecule has 0 aromatic heterocycles. The van der Waals surface area contributed by atoms with Gasteiger partial charge in [-0.15, -0.1) is 0 Å². The molecule has 1 aromatic carbocycles. The van der Waals surface area contributed by atoms with Gasteiger partial charge < -0.3 is 11.1 Å². The fourth-order valence-corrected chi connectivity index (χ4v) is 4.36. The number of hydrogen-bond donors (Lipinski definition) is 3. The van der Waals surface area contributed by atoms with E-state index in [1.807, 2.05) is 13.8 Å². The number of carbonyl (C=O) groups excluding carboxylic acids is 1. The van der Waals surface area contributed by atoms with Gasteiger partial charge in [0.2, 0.25) is 15.9 Å². The summed E-state index contributed by atoms with van der Waals surface area (Å²) in [5.41, 5.74) is 5.62. The molecule has 0 heterocycles. The maximum absolute atomic E-state index is 12.2. The van der Waals surface area contributed by atoms with Crippen LogP contribution in [0, 0.1) is 5.92 Å². The highest BCUT2D eigenvalue weighted by atomic mass is 35.5. The van der Waals surface area contributed by atoms with Crippen molar-refractivity contribution in [2.75, 3.05) is 13.1 Å². The molecular formula is C15H23Cl2N3O3S. The van der Waals surface area contributed by atoms with Crippen LogP contribution in [0.3, 0.4) is 0 Å². The van der Waals surface area contributed by atoms with Crippen molar-refractivity contribution in [3.63, 3.8) is 0 Å². The van der Waals surface area contributed by atoms with Crippen LogP contribution in [0.4, 0.5) is 0 Å². The molecule has 136 valence electrons. The van der Waals surface area contributed by atoms with Crippen molar-refractivity contribution in [1.82, 2.24) is 10.0 Å². The smallest absolute Gasteiger partial charge is 0.243 e. The van der Waals surface area contributed by atoms with Crippen LogP contribution in [0.1, 0.15) is 26.7 Å². The van der Waals surface area contributed by atoms with Crippen LogP contribution in [0.2, 0.25) is 10.0 Å². The lowest BCUT2D eigenvalue weighted by atomic mass is 10.0. The maximum Gasteiger partial charge on any atom is 0.243 e. The number of halogens is 2. The van der Waals surface area contributed by atoms with Gasteiger partial charge in [-0.25, -0.2) is 13.1 Å². The third kappa shape index (κ3) is 6.57. The average molecular weight is 396 g/mol. The molecule has 1 unspecified atom stereocenters. The second kappa shape index (κ2) is 9.58. The lowest BCUT2D eigenvalue weighted by molar-refractivity contribution is -0.121. The number of carbonyl (C=O) groups is 1. The van der Waals surface area contributed by atoms with E-state index < -0.39 is 10.0 Å². The fraction of sp³-hybridized carbons (Fsp3) is 0.533. The van der Waals surface area contributed by atoms with Gasteiger partial charge >= 0.3 is 0 Å². The SMILES string of the molecule is CC(C)CC(CN)NC(=O)CCNS(=O)(=O)c1c(Cl)cccc1Cl. The highest BCUT2D eigenvalue weighted by Crippen LogP contribution is 2.28. The molecule has 1 atom stereocenters.